The van der Waals surface area contributed by atoms with Crippen LogP contribution in [0.3, 0.4) is 0 Å². The van der Waals surface area contributed by atoms with Gasteiger partial charge in [0.1, 0.15) is 16.3 Å². The Morgan fingerprint density at radius 2 is 1.81 bits per heavy atom. The van der Waals surface area contributed by atoms with Gasteiger partial charge < -0.3 is 14.6 Å². The Kier molecular flexibility index (Phi) is 5.19. The fourth-order valence-corrected chi connectivity index (χ4v) is 3.07. The largest absolute Gasteiger partial charge is 0.424 e. The summed E-state index contributed by atoms with van der Waals surface area (Å²) in [5.41, 5.74) is 0.738. The van der Waals surface area contributed by atoms with E-state index in [2.05, 4.69) is 20.0 Å². The quantitative estimate of drug-likeness (QED) is 0.666. The second-order valence-corrected chi connectivity index (χ2v) is 7.38. The average molecular weight is 387 g/mol. The highest BCUT2D eigenvalue weighted by Crippen LogP contribution is 2.21. The van der Waals surface area contributed by atoms with Crippen LogP contribution in [0.5, 0.6) is 11.8 Å². The smallest absolute Gasteiger partial charge is 0.321 e. The number of carbonyl (C=O) groups is 1. The van der Waals surface area contributed by atoms with Gasteiger partial charge in [0.2, 0.25) is 10.0 Å². The summed E-state index contributed by atoms with van der Waals surface area (Å²) < 4.78 is 32.9. The summed E-state index contributed by atoms with van der Waals surface area (Å²) in [6.07, 6.45) is 4.51. The zero-order chi connectivity index (χ0) is 19.4. The van der Waals surface area contributed by atoms with Crippen molar-refractivity contribution in [1.29, 1.82) is 0 Å². The predicted molar refractivity (Wildman–Crippen MR) is 98.2 cm³/mol. The van der Waals surface area contributed by atoms with E-state index in [4.69, 9.17) is 4.74 Å². The van der Waals surface area contributed by atoms with E-state index in [9.17, 15) is 13.2 Å². The maximum Gasteiger partial charge on any atom is 0.321 e. The van der Waals surface area contributed by atoms with Crippen LogP contribution in [0.25, 0.3) is 0 Å². The highest BCUT2D eigenvalue weighted by molar-refractivity contribution is 7.89. The molecule has 2 N–H and O–H groups in total. The van der Waals surface area contributed by atoms with Gasteiger partial charge in [0, 0.05) is 31.3 Å². The maximum atomic E-state index is 12.4. The highest BCUT2D eigenvalue weighted by atomic mass is 32.2. The summed E-state index contributed by atoms with van der Waals surface area (Å²) in [5, 5.41) is 2.71. The molecule has 2 heterocycles. The van der Waals surface area contributed by atoms with E-state index in [-0.39, 0.29) is 16.6 Å². The van der Waals surface area contributed by atoms with Crippen LogP contribution in [0.2, 0.25) is 0 Å². The first-order chi connectivity index (χ1) is 12.9. The second kappa shape index (κ2) is 7.56. The lowest BCUT2D eigenvalue weighted by Gasteiger charge is -2.07. The van der Waals surface area contributed by atoms with Crippen molar-refractivity contribution in [3.8, 4) is 11.8 Å². The Morgan fingerprint density at radius 1 is 1.15 bits per heavy atom. The van der Waals surface area contributed by atoms with Gasteiger partial charge in [-0.05, 0) is 43.4 Å². The van der Waals surface area contributed by atoms with Crippen molar-refractivity contribution in [1.82, 2.24) is 19.3 Å². The van der Waals surface area contributed by atoms with Crippen LogP contribution in [0, 0.1) is 0 Å². The molecule has 3 rings (SSSR count). The number of sulfonamides is 1. The van der Waals surface area contributed by atoms with E-state index in [1.807, 2.05) is 0 Å². The monoisotopic (exact) mass is 387 g/mol. The van der Waals surface area contributed by atoms with Crippen LogP contribution in [0.1, 0.15) is 10.5 Å². The minimum absolute atomic E-state index is 0.0178. The number of amides is 1. The van der Waals surface area contributed by atoms with Gasteiger partial charge in [-0.25, -0.2) is 23.1 Å². The molecule has 10 heteroatoms. The normalized spacial score (nSPS) is 11.2. The number of benzene rings is 1. The Bertz CT molecular complexity index is 1050. The van der Waals surface area contributed by atoms with E-state index in [1.165, 1.54) is 23.9 Å². The first-order valence-electron chi connectivity index (χ1n) is 7.85. The molecule has 0 aliphatic carbocycles. The lowest BCUT2D eigenvalue weighted by Crippen LogP contribution is -2.18. The fourth-order valence-electron chi connectivity index (χ4n) is 2.27. The molecule has 0 spiro atoms. The van der Waals surface area contributed by atoms with Crippen LogP contribution in [0.15, 0.2) is 59.9 Å². The van der Waals surface area contributed by atoms with E-state index in [0.29, 0.717) is 11.4 Å². The van der Waals surface area contributed by atoms with Crippen LogP contribution < -0.4 is 14.8 Å². The molecule has 27 heavy (non-hydrogen) atoms. The number of hydrogen-bond acceptors (Lipinski definition) is 6. The minimum Gasteiger partial charge on any atom is -0.424 e. The Labute approximate surface area is 156 Å². The molecule has 2 aromatic heterocycles. The van der Waals surface area contributed by atoms with Crippen molar-refractivity contribution in [2.24, 2.45) is 7.05 Å². The third-order valence-electron chi connectivity index (χ3n) is 3.65. The van der Waals surface area contributed by atoms with Gasteiger partial charge in [-0.15, -0.1) is 0 Å². The number of aryl methyl sites for hydroxylation is 1. The topological polar surface area (TPSA) is 115 Å². The number of aromatic nitrogens is 3. The highest BCUT2D eigenvalue weighted by Gasteiger charge is 2.19. The van der Waals surface area contributed by atoms with Crippen molar-refractivity contribution in [3.63, 3.8) is 0 Å². The summed E-state index contributed by atoms with van der Waals surface area (Å²) in [7, 11) is -0.712. The molecule has 140 valence electrons. The molecule has 1 amide bonds. The molecule has 3 aromatic rings. The molecule has 1 aromatic carbocycles. The third kappa shape index (κ3) is 4.30. The first kappa shape index (κ1) is 18.5. The lowest BCUT2D eigenvalue weighted by atomic mass is 10.3. The van der Waals surface area contributed by atoms with Gasteiger partial charge in [0.05, 0.1) is 0 Å². The summed E-state index contributed by atoms with van der Waals surface area (Å²) in [6, 6.07) is 9.85. The van der Waals surface area contributed by atoms with Crippen molar-refractivity contribution in [2.75, 3.05) is 12.4 Å². The summed E-state index contributed by atoms with van der Waals surface area (Å²) in [4.78, 5) is 20.4. The van der Waals surface area contributed by atoms with Crippen LogP contribution in [-0.4, -0.2) is 35.9 Å². The van der Waals surface area contributed by atoms with E-state index in [0.717, 1.165) is 0 Å². The molecule has 0 aliphatic rings. The van der Waals surface area contributed by atoms with Gasteiger partial charge in [0.15, 0.2) is 0 Å². The summed E-state index contributed by atoms with van der Waals surface area (Å²) >= 11 is 0. The van der Waals surface area contributed by atoms with Crippen molar-refractivity contribution in [3.05, 3.63) is 60.7 Å². The first-order valence-corrected chi connectivity index (χ1v) is 9.33. The Hall–Kier alpha value is -3.24. The maximum absolute atomic E-state index is 12.4. The van der Waals surface area contributed by atoms with Crippen molar-refractivity contribution >= 4 is 21.6 Å². The van der Waals surface area contributed by atoms with Gasteiger partial charge in [-0.1, -0.05) is 0 Å². The average Bonchev–Trinajstić information content (AvgIpc) is 3.07. The number of carbonyl (C=O) groups excluding carboxylic acids is 1. The fraction of sp³-hybridized carbons (Fsp3) is 0.118. The van der Waals surface area contributed by atoms with Crippen molar-refractivity contribution < 1.29 is 17.9 Å². The standard InChI is InChI=1S/C17H17N5O4S/c1-18-27(24,25)14-10-15(22(2)11-14)16(23)21-12-4-6-13(7-5-12)26-17-19-8-3-9-20-17/h3-11,18H,1-2H3,(H,21,23). The molecule has 0 unspecified atom stereocenters. The minimum atomic E-state index is -3.62. The molecule has 0 saturated heterocycles. The summed E-state index contributed by atoms with van der Waals surface area (Å²) in [5.74, 6) is 0.0792. The molecule has 0 radical (unpaired) electrons. The molecule has 0 saturated carbocycles. The zero-order valence-electron chi connectivity index (χ0n) is 14.6. The van der Waals surface area contributed by atoms with E-state index in [1.54, 1.807) is 49.8 Å². The Morgan fingerprint density at radius 3 is 2.44 bits per heavy atom. The predicted octanol–water partition coefficient (Wildman–Crippen LogP) is 1.77. The molecule has 9 nitrogen and oxygen atoms in total. The van der Waals surface area contributed by atoms with Crippen LogP contribution in [-0.2, 0) is 17.1 Å². The van der Waals surface area contributed by atoms with Gasteiger partial charge in [-0.3, -0.25) is 4.79 Å². The molecular weight excluding hydrogens is 370 g/mol. The van der Waals surface area contributed by atoms with Crippen molar-refractivity contribution in [2.45, 2.75) is 4.90 Å². The van der Waals surface area contributed by atoms with Gasteiger partial charge >= 0.3 is 6.01 Å². The van der Waals surface area contributed by atoms with Crippen LogP contribution >= 0.6 is 0 Å². The molecule has 0 bridgehead atoms. The van der Waals surface area contributed by atoms with Gasteiger partial charge in [-0.2, -0.15) is 0 Å². The number of nitrogens with zero attached hydrogens (tertiary/aromatic N) is 3. The molecule has 0 fully saturated rings. The molecule has 0 aliphatic heterocycles. The van der Waals surface area contributed by atoms with Gasteiger partial charge in [0.25, 0.3) is 5.91 Å². The summed E-state index contributed by atoms with van der Waals surface area (Å²) in [6.45, 7) is 0. The van der Waals surface area contributed by atoms with Crippen LogP contribution in [0.4, 0.5) is 5.69 Å². The van der Waals surface area contributed by atoms with E-state index >= 15 is 0 Å². The molecular formula is C17H17N5O4S. The lowest BCUT2D eigenvalue weighted by molar-refractivity contribution is 0.101. The second-order valence-electron chi connectivity index (χ2n) is 5.49. The number of hydrogen-bond donors (Lipinski definition) is 2. The van der Waals surface area contributed by atoms with E-state index < -0.39 is 15.9 Å². The zero-order valence-corrected chi connectivity index (χ0v) is 15.4. The number of anilines is 1. The SMILES string of the molecule is CNS(=O)(=O)c1cc(C(=O)Nc2ccc(Oc3ncccn3)cc2)n(C)c1. The Balaban J connectivity index is 1.71. The third-order valence-corrected chi connectivity index (χ3v) is 5.04. The number of ether oxygens (including phenoxy) is 1. The molecule has 0 atom stereocenters. The number of rotatable bonds is 6. The number of nitrogens with one attached hydrogen (secondary N) is 2.